The van der Waals surface area contributed by atoms with Crippen molar-refractivity contribution in [2.24, 2.45) is 0 Å². The molecule has 0 aliphatic carbocycles. The van der Waals surface area contributed by atoms with Gasteiger partial charge in [-0.2, -0.15) is 0 Å². The van der Waals surface area contributed by atoms with Crippen molar-refractivity contribution in [3.63, 3.8) is 0 Å². The zero-order valence-electron chi connectivity index (χ0n) is 18.7. The third-order valence-electron chi connectivity index (χ3n) is 6.43. The summed E-state index contributed by atoms with van der Waals surface area (Å²) in [6, 6.07) is 15.7. The summed E-state index contributed by atoms with van der Waals surface area (Å²) in [5.41, 5.74) is 2.94. The van der Waals surface area contributed by atoms with Crippen LogP contribution in [0.4, 0.5) is 0 Å². The van der Waals surface area contributed by atoms with E-state index in [1.54, 1.807) is 6.07 Å². The molecule has 2 aromatic heterocycles. The Kier molecular flexibility index (Phi) is 7.37. The van der Waals surface area contributed by atoms with Crippen LogP contribution in [-0.4, -0.2) is 63.9 Å². The topological polar surface area (TPSA) is 45.6 Å². The summed E-state index contributed by atoms with van der Waals surface area (Å²) < 4.78 is 7.62. The second-order valence-corrected chi connectivity index (χ2v) is 9.76. The number of ether oxygens (including phenoxy) is 1. The molecule has 0 saturated carbocycles. The number of hydrogen-bond donors (Lipinski definition) is 1. The zero-order valence-corrected chi connectivity index (χ0v) is 21.1. The number of pyridine rings is 1. The Labute approximate surface area is 215 Å². The van der Waals surface area contributed by atoms with Gasteiger partial charge in [0.15, 0.2) is 5.11 Å². The van der Waals surface area contributed by atoms with Crippen molar-refractivity contribution in [2.45, 2.75) is 18.5 Å². The van der Waals surface area contributed by atoms with E-state index in [0.717, 1.165) is 68.0 Å². The summed E-state index contributed by atoms with van der Waals surface area (Å²) >= 11 is 18.6. The van der Waals surface area contributed by atoms with Crippen LogP contribution in [0.2, 0.25) is 10.0 Å². The summed E-state index contributed by atoms with van der Waals surface area (Å²) in [5.74, 6) is 0. The molecule has 0 spiro atoms. The Morgan fingerprint density at radius 2 is 1.91 bits per heavy atom. The molecule has 0 amide bonds. The van der Waals surface area contributed by atoms with Gasteiger partial charge in [-0.3, -0.25) is 9.88 Å². The Balaban J connectivity index is 1.46. The summed E-state index contributed by atoms with van der Waals surface area (Å²) in [6.07, 6.45) is 4.87. The van der Waals surface area contributed by atoms with E-state index in [2.05, 4.69) is 30.7 Å². The molecule has 34 heavy (non-hydrogen) atoms. The first-order chi connectivity index (χ1) is 16.6. The Hall–Kier alpha value is -2.16. The molecule has 2 unspecified atom stereocenters. The van der Waals surface area contributed by atoms with Crippen molar-refractivity contribution in [3.8, 4) is 5.69 Å². The molecule has 3 aromatic rings. The maximum absolute atomic E-state index is 6.60. The average molecular weight is 516 g/mol. The third-order valence-corrected chi connectivity index (χ3v) is 7.32. The molecule has 6 nitrogen and oxygen atoms in total. The van der Waals surface area contributed by atoms with E-state index in [1.165, 1.54) is 0 Å². The number of aromatic nitrogens is 2. The smallest absolute Gasteiger partial charge is 0.170 e. The highest BCUT2D eigenvalue weighted by Gasteiger charge is 2.41. The van der Waals surface area contributed by atoms with Crippen LogP contribution in [-0.2, 0) is 4.74 Å². The number of rotatable bonds is 7. The molecule has 2 atom stereocenters. The van der Waals surface area contributed by atoms with Crippen LogP contribution in [0.15, 0.2) is 60.9 Å². The van der Waals surface area contributed by atoms with Gasteiger partial charge in [-0.05, 0) is 61.1 Å². The molecule has 2 aliphatic rings. The van der Waals surface area contributed by atoms with Crippen LogP contribution >= 0.6 is 35.4 Å². The van der Waals surface area contributed by atoms with Gasteiger partial charge in [0.1, 0.15) is 0 Å². The fraction of sp³-hybridized carbons (Fsp3) is 0.360. The lowest BCUT2D eigenvalue weighted by Crippen LogP contribution is -2.39. The van der Waals surface area contributed by atoms with Gasteiger partial charge in [0.05, 0.1) is 41.7 Å². The monoisotopic (exact) mass is 515 g/mol. The average Bonchev–Trinajstić information content (AvgIpc) is 3.45. The highest BCUT2D eigenvalue weighted by atomic mass is 35.5. The lowest BCUT2D eigenvalue weighted by molar-refractivity contribution is 0.0365. The summed E-state index contributed by atoms with van der Waals surface area (Å²) in [5, 5.41) is 5.51. The minimum Gasteiger partial charge on any atom is -0.379 e. The molecule has 9 heteroatoms. The Morgan fingerprint density at radius 3 is 2.68 bits per heavy atom. The summed E-state index contributed by atoms with van der Waals surface area (Å²) in [6.45, 7) is 5.46. The molecule has 2 fully saturated rings. The molecule has 2 aliphatic heterocycles. The number of morpholine rings is 1. The van der Waals surface area contributed by atoms with Crippen molar-refractivity contribution in [3.05, 3.63) is 82.4 Å². The van der Waals surface area contributed by atoms with Crippen molar-refractivity contribution in [1.82, 2.24) is 24.7 Å². The molecule has 4 heterocycles. The first-order valence-corrected chi connectivity index (χ1v) is 12.7. The van der Waals surface area contributed by atoms with Gasteiger partial charge in [-0.25, -0.2) is 0 Å². The molecule has 0 radical (unpaired) electrons. The fourth-order valence-electron chi connectivity index (χ4n) is 4.79. The maximum Gasteiger partial charge on any atom is 0.170 e. The van der Waals surface area contributed by atoms with E-state index in [-0.39, 0.29) is 12.1 Å². The highest BCUT2D eigenvalue weighted by molar-refractivity contribution is 7.80. The first-order valence-electron chi connectivity index (χ1n) is 11.5. The molecule has 1 N–H and O–H groups in total. The lowest BCUT2D eigenvalue weighted by atomic mass is 10.0. The number of benzene rings is 1. The van der Waals surface area contributed by atoms with Gasteiger partial charge < -0.3 is 19.5 Å². The van der Waals surface area contributed by atoms with E-state index in [4.69, 9.17) is 40.2 Å². The molecular weight excluding hydrogens is 489 g/mol. The van der Waals surface area contributed by atoms with Crippen LogP contribution in [0.3, 0.4) is 0 Å². The summed E-state index contributed by atoms with van der Waals surface area (Å²) in [7, 11) is 0. The number of nitrogens with zero attached hydrogens (tertiary/aromatic N) is 4. The normalized spacial score (nSPS) is 21.1. The number of halogens is 2. The van der Waals surface area contributed by atoms with Crippen LogP contribution in [0.5, 0.6) is 0 Å². The second kappa shape index (κ2) is 10.6. The van der Waals surface area contributed by atoms with Crippen molar-refractivity contribution in [1.29, 1.82) is 0 Å². The van der Waals surface area contributed by atoms with Gasteiger partial charge in [0.2, 0.25) is 0 Å². The number of thiocarbonyl (C=S) groups is 1. The van der Waals surface area contributed by atoms with Gasteiger partial charge in [0.25, 0.3) is 0 Å². The highest BCUT2D eigenvalue weighted by Crippen LogP contribution is 2.40. The van der Waals surface area contributed by atoms with E-state index < -0.39 is 0 Å². The molecule has 178 valence electrons. The molecule has 2 saturated heterocycles. The van der Waals surface area contributed by atoms with Crippen molar-refractivity contribution >= 4 is 40.5 Å². The minimum absolute atomic E-state index is 0.0335. The predicted octanol–water partition coefficient (Wildman–Crippen LogP) is 4.87. The molecule has 0 bridgehead atoms. The SMILES string of the molecule is S=C1NC(c2ccccn2)C(c2cccn2-c2ccc(Cl)cc2Cl)N1CCCN1CCOCC1. The Bertz CT molecular complexity index is 1140. The van der Waals surface area contributed by atoms with Crippen LogP contribution in [0, 0.1) is 0 Å². The molecule has 1 aromatic carbocycles. The minimum atomic E-state index is -0.0724. The predicted molar refractivity (Wildman–Crippen MR) is 140 cm³/mol. The van der Waals surface area contributed by atoms with Crippen LogP contribution < -0.4 is 5.32 Å². The quantitative estimate of drug-likeness (QED) is 0.452. The van der Waals surface area contributed by atoms with Gasteiger partial charge in [-0.1, -0.05) is 29.3 Å². The van der Waals surface area contributed by atoms with E-state index in [0.29, 0.717) is 10.0 Å². The van der Waals surface area contributed by atoms with Crippen LogP contribution in [0.1, 0.15) is 29.9 Å². The fourth-order valence-corrected chi connectivity index (χ4v) is 5.62. The van der Waals surface area contributed by atoms with E-state index in [9.17, 15) is 0 Å². The molecular formula is C25H27Cl2N5OS. The molecule has 5 rings (SSSR count). The Morgan fingerprint density at radius 1 is 1.06 bits per heavy atom. The largest absolute Gasteiger partial charge is 0.379 e. The second-order valence-electron chi connectivity index (χ2n) is 8.53. The summed E-state index contributed by atoms with van der Waals surface area (Å²) in [4.78, 5) is 9.40. The standard InChI is InChI=1S/C25H27Cl2N5OS/c26-18-7-8-21(19(27)17-18)31-11-3-6-22(31)24-23(20-5-1-2-9-28-20)29-25(34)32(24)12-4-10-30-13-15-33-16-14-30/h1-3,5-9,11,17,23-24H,4,10,12-16H2,(H,29,34). The lowest BCUT2D eigenvalue weighted by Gasteiger charge is -2.31. The van der Waals surface area contributed by atoms with Gasteiger partial charge in [0, 0.05) is 49.3 Å². The van der Waals surface area contributed by atoms with E-state index in [1.807, 2.05) is 48.8 Å². The zero-order chi connectivity index (χ0) is 23.5. The first kappa shape index (κ1) is 23.6. The van der Waals surface area contributed by atoms with Crippen LogP contribution in [0.25, 0.3) is 5.69 Å². The van der Waals surface area contributed by atoms with Crippen molar-refractivity contribution < 1.29 is 4.74 Å². The van der Waals surface area contributed by atoms with Gasteiger partial charge >= 0.3 is 0 Å². The number of hydrogen-bond acceptors (Lipinski definition) is 4. The van der Waals surface area contributed by atoms with Gasteiger partial charge in [-0.15, -0.1) is 0 Å². The maximum atomic E-state index is 6.60. The van der Waals surface area contributed by atoms with E-state index >= 15 is 0 Å². The third kappa shape index (κ3) is 4.95. The van der Waals surface area contributed by atoms with Crippen molar-refractivity contribution in [2.75, 3.05) is 39.4 Å². The number of nitrogens with one attached hydrogen (secondary N) is 1.